The zero-order valence-corrected chi connectivity index (χ0v) is 29.4. The van der Waals surface area contributed by atoms with Crippen molar-refractivity contribution >= 4 is 50.4 Å². The van der Waals surface area contributed by atoms with Crippen LogP contribution >= 0.6 is 27.3 Å². The van der Waals surface area contributed by atoms with Gasteiger partial charge in [0.2, 0.25) is 5.91 Å². The predicted octanol–water partition coefficient (Wildman–Crippen LogP) is 6.93. The highest BCUT2D eigenvalue weighted by Gasteiger charge is 2.38. The van der Waals surface area contributed by atoms with Gasteiger partial charge in [0.25, 0.3) is 5.91 Å². The van der Waals surface area contributed by atoms with Gasteiger partial charge in [-0.25, -0.2) is 19.2 Å². The van der Waals surface area contributed by atoms with E-state index in [-0.39, 0.29) is 29.8 Å². The highest BCUT2D eigenvalue weighted by molar-refractivity contribution is 9.10. The summed E-state index contributed by atoms with van der Waals surface area (Å²) in [5.74, 6) is -0.223. The van der Waals surface area contributed by atoms with Gasteiger partial charge in [-0.15, -0.1) is 16.4 Å². The molecule has 48 heavy (non-hydrogen) atoms. The minimum atomic E-state index is -0.280. The summed E-state index contributed by atoms with van der Waals surface area (Å²) < 4.78 is 4.53. The zero-order valence-electron chi connectivity index (χ0n) is 27.0. The minimum Gasteiger partial charge on any atom is -0.335 e. The number of anilines is 1. The molecule has 13 heteroatoms. The third kappa shape index (κ3) is 6.39. The van der Waals surface area contributed by atoms with Crippen LogP contribution in [0, 0.1) is 13.8 Å². The first-order valence-electron chi connectivity index (χ1n) is 15.7. The molecule has 0 radical (unpaired) electrons. The van der Waals surface area contributed by atoms with E-state index in [4.69, 9.17) is 4.98 Å². The fourth-order valence-electron chi connectivity index (χ4n) is 6.19. The maximum Gasteiger partial charge on any atom is 0.261 e. The molecule has 0 aliphatic carbocycles. The number of benzene rings is 2. The number of aryl methyl sites for hydroxylation is 2. The van der Waals surface area contributed by atoms with Crippen molar-refractivity contribution in [2.24, 2.45) is 0 Å². The number of carbonyl (C=O) groups is 2. The Morgan fingerprint density at radius 2 is 1.88 bits per heavy atom. The van der Waals surface area contributed by atoms with Crippen molar-refractivity contribution in [3.8, 4) is 21.8 Å². The highest BCUT2D eigenvalue weighted by atomic mass is 79.9. The van der Waals surface area contributed by atoms with E-state index in [0.717, 1.165) is 56.2 Å². The summed E-state index contributed by atoms with van der Waals surface area (Å²) in [4.78, 5) is 38.0. The summed E-state index contributed by atoms with van der Waals surface area (Å²) in [5.41, 5.74) is 6.43. The molecular formula is C35H34BrN9O2S. The third-order valence-electron chi connectivity index (χ3n) is 8.82. The number of rotatable bonds is 7. The molecule has 4 aromatic heterocycles. The molecule has 1 atom stereocenters. The Morgan fingerprint density at radius 1 is 1.06 bits per heavy atom. The topological polar surface area (TPSA) is 123 Å². The van der Waals surface area contributed by atoms with E-state index in [1.807, 2.05) is 89.6 Å². The number of nitrogens with one attached hydrogen (secondary N) is 1. The molecule has 1 saturated heterocycles. The first-order valence-corrected chi connectivity index (χ1v) is 17.4. The van der Waals surface area contributed by atoms with Gasteiger partial charge in [0, 0.05) is 50.1 Å². The summed E-state index contributed by atoms with van der Waals surface area (Å²) in [7, 11) is 0. The Morgan fingerprint density at radius 3 is 2.67 bits per heavy atom. The van der Waals surface area contributed by atoms with Crippen LogP contribution in [0.1, 0.15) is 60.2 Å². The fraction of sp³-hybridized carbons (Fsp3) is 0.286. The molecule has 1 unspecified atom stereocenters. The number of aromatic nitrogens is 7. The lowest BCUT2D eigenvalue weighted by Crippen LogP contribution is -2.54. The van der Waals surface area contributed by atoms with Gasteiger partial charge in [-0.2, -0.15) is 5.10 Å². The fourth-order valence-corrected chi connectivity index (χ4v) is 7.41. The summed E-state index contributed by atoms with van der Waals surface area (Å²) in [6, 6.07) is 17.4. The molecule has 0 bridgehead atoms. The van der Waals surface area contributed by atoms with Gasteiger partial charge in [0.05, 0.1) is 30.6 Å². The number of carbonyl (C=O) groups excluding carboxylic acids is 2. The van der Waals surface area contributed by atoms with Crippen molar-refractivity contribution in [3.05, 3.63) is 99.5 Å². The molecule has 2 amide bonds. The van der Waals surface area contributed by atoms with Crippen molar-refractivity contribution < 1.29 is 9.59 Å². The number of hydrogen-bond donors (Lipinski definition) is 1. The molecule has 2 aromatic carbocycles. The number of hydrogen-bond acceptors (Lipinski definition) is 8. The van der Waals surface area contributed by atoms with E-state index in [0.29, 0.717) is 23.4 Å². The van der Waals surface area contributed by atoms with Crippen LogP contribution in [0.4, 0.5) is 5.69 Å². The van der Waals surface area contributed by atoms with Gasteiger partial charge in [-0.1, -0.05) is 45.4 Å². The zero-order chi connectivity index (χ0) is 33.6. The van der Waals surface area contributed by atoms with Crippen LogP contribution in [0.3, 0.4) is 0 Å². The van der Waals surface area contributed by atoms with E-state index < -0.39 is 0 Å². The first-order chi connectivity index (χ1) is 23.0. The Hall–Kier alpha value is -4.75. The minimum absolute atomic E-state index is 0.00109. The van der Waals surface area contributed by atoms with Crippen molar-refractivity contribution in [1.82, 2.24) is 39.5 Å². The Labute approximate surface area is 290 Å². The van der Waals surface area contributed by atoms with Gasteiger partial charge in [0.15, 0.2) is 5.65 Å². The quantitative estimate of drug-likeness (QED) is 0.190. The number of fused-ring (bicyclic) bond motifs is 1. The average Bonchev–Trinajstić information content (AvgIpc) is 3.82. The van der Waals surface area contributed by atoms with Crippen LogP contribution in [0.5, 0.6) is 0 Å². The van der Waals surface area contributed by atoms with Crippen LogP contribution < -0.4 is 5.32 Å². The second kappa shape index (κ2) is 12.7. The maximum atomic E-state index is 13.7. The van der Waals surface area contributed by atoms with Crippen molar-refractivity contribution in [2.75, 3.05) is 11.9 Å². The van der Waals surface area contributed by atoms with Gasteiger partial charge in [0.1, 0.15) is 16.3 Å². The van der Waals surface area contributed by atoms with Gasteiger partial charge < -0.3 is 10.2 Å². The normalized spacial score (nSPS) is 15.9. The van der Waals surface area contributed by atoms with Crippen LogP contribution in [0.25, 0.3) is 27.5 Å². The number of thiazole rings is 1. The van der Waals surface area contributed by atoms with Gasteiger partial charge in [-0.3, -0.25) is 9.59 Å². The lowest BCUT2D eigenvalue weighted by molar-refractivity contribution is -0.139. The highest BCUT2D eigenvalue weighted by Crippen LogP contribution is 2.34. The number of piperidine rings is 1. The molecule has 11 nitrogen and oxygen atoms in total. The molecule has 5 heterocycles. The van der Waals surface area contributed by atoms with Gasteiger partial charge >= 0.3 is 0 Å². The summed E-state index contributed by atoms with van der Waals surface area (Å²) in [5, 5.41) is 19.0. The Kier molecular flexibility index (Phi) is 8.42. The largest absolute Gasteiger partial charge is 0.335 e. The Balaban J connectivity index is 1.01. The molecule has 6 aromatic rings. The third-order valence-corrected chi connectivity index (χ3v) is 10.2. The van der Waals surface area contributed by atoms with E-state index in [1.165, 1.54) is 6.20 Å². The second-order valence-electron chi connectivity index (χ2n) is 12.8. The lowest BCUT2D eigenvalue weighted by atomic mass is 9.87. The molecule has 0 spiro atoms. The molecule has 244 valence electrons. The van der Waals surface area contributed by atoms with Crippen molar-refractivity contribution in [2.45, 2.75) is 58.5 Å². The molecule has 1 aliphatic rings. The van der Waals surface area contributed by atoms with Crippen LogP contribution in [0.2, 0.25) is 0 Å². The summed E-state index contributed by atoms with van der Waals surface area (Å²) >= 11 is 5.07. The van der Waals surface area contributed by atoms with Gasteiger partial charge in [-0.05, 0) is 70.9 Å². The maximum absolute atomic E-state index is 13.7. The number of likely N-dealkylation sites (tertiary alicyclic amines) is 1. The second-order valence-corrected chi connectivity index (χ2v) is 14.6. The Bertz CT molecular complexity index is 2150. The molecule has 7 rings (SSSR count). The van der Waals surface area contributed by atoms with E-state index >= 15 is 0 Å². The van der Waals surface area contributed by atoms with Crippen molar-refractivity contribution in [3.63, 3.8) is 0 Å². The van der Waals surface area contributed by atoms with Crippen LogP contribution in [-0.2, 0) is 11.2 Å². The predicted molar refractivity (Wildman–Crippen MR) is 189 cm³/mol. The lowest BCUT2D eigenvalue weighted by Gasteiger charge is -2.45. The summed E-state index contributed by atoms with van der Waals surface area (Å²) in [6.07, 6.45) is 5.44. The number of halogens is 1. The van der Waals surface area contributed by atoms with E-state index in [1.54, 1.807) is 15.9 Å². The van der Waals surface area contributed by atoms with Crippen molar-refractivity contribution in [1.29, 1.82) is 0 Å². The van der Waals surface area contributed by atoms with E-state index in [2.05, 4.69) is 55.5 Å². The number of amides is 2. The number of nitrogens with zero attached hydrogens (tertiary/aromatic N) is 8. The molecule has 1 N–H and O–H groups in total. The SMILES string of the molecule is Cc1cc(C)n2ncc(C(=O)Nc3ccc(-c4cn(C5CCC(C)(C)N(C(=O)Cc6csc(-c7cccc(Br)c7)n6)C5)nn4)cc3)c2n1. The monoisotopic (exact) mass is 723 g/mol. The molecule has 1 aliphatic heterocycles. The summed E-state index contributed by atoms with van der Waals surface area (Å²) in [6.45, 7) is 8.61. The molecule has 1 fully saturated rings. The molecular weight excluding hydrogens is 690 g/mol. The van der Waals surface area contributed by atoms with Crippen LogP contribution in [0.15, 0.2) is 76.8 Å². The first kappa shape index (κ1) is 31.8. The standard InChI is InChI=1S/C35H34BrN9O2S/c1-21-14-22(2)45-32(38-21)29(17-37-45)33(47)39-26-10-8-23(9-11-26)30-19-44(42-41-30)28-12-13-35(3,4)43(18-28)31(46)16-27-20-48-34(40-27)24-6-5-7-25(36)15-24/h5-11,14-15,17,19-20,28H,12-13,16,18H2,1-4H3,(H,39,47). The smallest absolute Gasteiger partial charge is 0.261 e. The molecule has 0 saturated carbocycles. The average molecular weight is 725 g/mol. The van der Waals surface area contributed by atoms with Crippen LogP contribution in [-0.4, -0.2) is 63.4 Å². The van der Waals surface area contributed by atoms with E-state index in [9.17, 15) is 9.59 Å².